The number of para-hydroxylation sites is 1. The fourth-order valence-electron chi connectivity index (χ4n) is 3.65. The highest BCUT2D eigenvalue weighted by Crippen LogP contribution is 2.31. The van der Waals surface area contributed by atoms with Crippen LogP contribution in [0.25, 0.3) is 10.2 Å². The van der Waals surface area contributed by atoms with Gasteiger partial charge in [0.25, 0.3) is 5.91 Å². The van der Waals surface area contributed by atoms with Gasteiger partial charge in [-0.1, -0.05) is 18.2 Å². The first-order chi connectivity index (χ1) is 13.4. The van der Waals surface area contributed by atoms with E-state index in [2.05, 4.69) is 5.32 Å². The van der Waals surface area contributed by atoms with E-state index in [0.717, 1.165) is 51.6 Å². The molecule has 0 spiro atoms. The van der Waals surface area contributed by atoms with Gasteiger partial charge in [0.05, 0.1) is 22.3 Å². The average Bonchev–Trinajstić information content (AvgIpc) is 3.27. The minimum Gasteiger partial charge on any atom is -0.321 e. The summed E-state index contributed by atoms with van der Waals surface area (Å²) in [7, 11) is 0. The number of nitrogens with zero attached hydrogens (tertiary/aromatic N) is 1. The van der Waals surface area contributed by atoms with Crippen molar-refractivity contribution in [1.29, 1.82) is 0 Å². The Morgan fingerprint density at radius 3 is 2.82 bits per heavy atom. The molecule has 0 bridgehead atoms. The third-order valence-electron chi connectivity index (χ3n) is 4.95. The SMILES string of the molecule is O=C(C[NH+]1CCC[C@@H]1c1nc2ccccc2s1)Nc1cccc(C(F)(F)F)c1. The maximum Gasteiger partial charge on any atom is 0.416 e. The molecule has 2 aromatic carbocycles. The molecular weight excluding hydrogens is 387 g/mol. The van der Waals surface area contributed by atoms with Crippen molar-refractivity contribution in [3.8, 4) is 0 Å². The van der Waals surface area contributed by atoms with Gasteiger partial charge in [0.15, 0.2) is 11.6 Å². The molecule has 2 atom stereocenters. The molecule has 0 saturated carbocycles. The highest BCUT2D eigenvalue weighted by Gasteiger charge is 2.34. The van der Waals surface area contributed by atoms with E-state index >= 15 is 0 Å². The Morgan fingerprint density at radius 2 is 2.04 bits per heavy atom. The molecule has 1 saturated heterocycles. The fraction of sp³-hybridized carbons (Fsp3) is 0.300. The minimum atomic E-state index is -4.43. The third kappa shape index (κ3) is 4.02. The molecule has 28 heavy (non-hydrogen) atoms. The van der Waals surface area contributed by atoms with Crippen LogP contribution in [0, 0.1) is 0 Å². The topological polar surface area (TPSA) is 46.4 Å². The number of halogens is 3. The number of hydrogen-bond donors (Lipinski definition) is 2. The van der Waals surface area contributed by atoms with Gasteiger partial charge >= 0.3 is 6.18 Å². The van der Waals surface area contributed by atoms with Crippen LogP contribution >= 0.6 is 11.3 Å². The smallest absolute Gasteiger partial charge is 0.321 e. The van der Waals surface area contributed by atoms with Crippen LogP contribution in [0.5, 0.6) is 0 Å². The van der Waals surface area contributed by atoms with E-state index in [-0.39, 0.29) is 24.2 Å². The Labute approximate surface area is 164 Å². The second kappa shape index (κ2) is 7.52. The minimum absolute atomic E-state index is 0.143. The molecule has 1 unspecified atom stereocenters. The van der Waals surface area contributed by atoms with Gasteiger partial charge in [0.2, 0.25) is 0 Å². The number of likely N-dealkylation sites (tertiary alicyclic amines) is 1. The van der Waals surface area contributed by atoms with Gasteiger partial charge in [0.1, 0.15) is 6.04 Å². The van der Waals surface area contributed by atoms with E-state index in [1.807, 2.05) is 24.3 Å². The molecule has 3 aromatic rings. The van der Waals surface area contributed by atoms with Gasteiger partial charge < -0.3 is 10.2 Å². The Kier molecular flexibility index (Phi) is 5.07. The number of anilines is 1. The van der Waals surface area contributed by atoms with E-state index in [4.69, 9.17) is 4.98 Å². The molecule has 1 aliphatic heterocycles. The monoisotopic (exact) mass is 406 g/mol. The first-order valence-corrected chi connectivity index (χ1v) is 9.89. The third-order valence-corrected chi connectivity index (χ3v) is 6.10. The number of carbonyl (C=O) groups is 1. The summed E-state index contributed by atoms with van der Waals surface area (Å²) in [5.41, 5.74) is 0.350. The Bertz CT molecular complexity index is 969. The summed E-state index contributed by atoms with van der Waals surface area (Å²) in [6, 6.07) is 12.8. The lowest BCUT2D eigenvalue weighted by Crippen LogP contribution is -3.11. The zero-order valence-corrected chi connectivity index (χ0v) is 15.7. The van der Waals surface area contributed by atoms with Crippen LogP contribution in [0.15, 0.2) is 48.5 Å². The standard InChI is InChI=1S/C20H18F3N3OS/c21-20(22,23)13-5-3-6-14(11-13)24-18(27)12-26-10-4-8-16(26)19-25-15-7-1-2-9-17(15)28-19/h1-3,5-7,9,11,16H,4,8,10,12H2,(H,24,27)/p+1/t16-/m1/s1. The molecule has 0 aliphatic carbocycles. The Hall–Kier alpha value is -2.45. The molecule has 1 amide bonds. The normalized spacial score (nSPS) is 19.8. The molecular formula is C20H19F3N3OS+. The van der Waals surface area contributed by atoms with Gasteiger partial charge in [-0.05, 0) is 30.3 Å². The zero-order valence-electron chi connectivity index (χ0n) is 14.9. The van der Waals surface area contributed by atoms with Crippen LogP contribution in [0.3, 0.4) is 0 Å². The quantitative estimate of drug-likeness (QED) is 0.695. The summed E-state index contributed by atoms with van der Waals surface area (Å²) in [4.78, 5) is 18.3. The van der Waals surface area contributed by atoms with Crippen molar-refractivity contribution in [3.05, 3.63) is 59.1 Å². The molecule has 2 heterocycles. The van der Waals surface area contributed by atoms with Crippen molar-refractivity contribution in [2.45, 2.75) is 25.1 Å². The number of amides is 1. The van der Waals surface area contributed by atoms with Gasteiger partial charge in [0, 0.05) is 18.5 Å². The number of alkyl halides is 3. The van der Waals surface area contributed by atoms with Crippen LogP contribution in [-0.2, 0) is 11.0 Å². The van der Waals surface area contributed by atoms with Crippen LogP contribution in [0.2, 0.25) is 0 Å². The van der Waals surface area contributed by atoms with Gasteiger partial charge in [-0.3, -0.25) is 4.79 Å². The maximum absolute atomic E-state index is 12.8. The summed E-state index contributed by atoms with van der Waals surface area (Å²) >= 11 is 1.65. The number of fused-ring (bicyclic) bond motifs is 1. The van der Waals surface area contributed by atoms with E-state index in [9.17, 15) is 18.0 Å². The molecule has 2 N–H and O–H groups in total. The predicted molar refractivity (Wildman–Crippen MR) is 102 cm³/mol. The van der Waals surface area contributed by atoms with E-state index in [0.29, 0.717) is 0 Å². The van der Waals surface area contributed by atoms with E-state index in [1.54, 1.807) is 11.3 Å². The highest BCUT2D eigenvalue weighted by atomic mass is 32.1. The number of rotatable bonds is 4. The number of carbonyl (C=O) groups excluding carboxylic acids is 1. The first-order valence-electron chi connectivity index (χ1n) is 9.07. The molecule has 4 nitrogen and oxygen atoms in total. The van der Waals surface area contributed by atoms with E-state index < -0.39 is 11.7 Å². The van der Waals surface area contributed by atoms with Gasteiger partial charge in [-0.25, -0.2) is 4.98 Å². The number of nitrogens with one attached hydrogen (secondary N) is 2. The Balaban J connectivity index is 1.45. The van der Waals surface area contributed by atoms with Crippen molar-refractivity contribution in [3.63, 3.8) is 0 Å². The lowest BCUT2D eigenvalue weighted by molar-refractivity contribution is -0.910. The summed E-state index contributed by atoms with van der Waals surface area (Å²) in [6.45, 7) is 1.05. The molecule has 146 valence electrons. The first kappa shape index (κ1) is 18.9. The van der Waals surface area contributed by atoms with Crippen molar-refractivity contribution in [2.24, 2.45) is 0 Å². The molecule has 0 radical (unpaired) electrons. The summed E-state index contributed by atoms with van der Waals surface area (Å²) in [5, 5.41) is 3.62. The summed E-state index contributed by atoms with van der Waals surface area (Å²) in [5.74, 6) is -0.290. The maximum atomic E-state index is 12.8. The second-order valence-electron chi connectivity index (χ2n) is 6.93. The highest BCUT2D eigenvalue weighted by molar-refractivity contribution is 7.18. The number of thiazole rings is 1. The molecule has 1 fully saturated rings. The number of quaternary nitrogens is 1. The molecule has 4 rings (SSSR count). The van der Waals surface area contributed by atoms with Crippen molar-refractivity contribution in [1.82, 2.24) is 4.98 Å². The molecule has 1 aliphatic rings. The Morgan fingerprint density at radius 1 is 1.21 bits per heavy atom. The van der Waals surface area contributed by atoms with Gasteiger partial charge in [-0.2, -0.15) is 13.2 Å². The lowest BCUT2D eigenvalue weighted by Gasteiger charge is -2.19. The van der Waals surface area contributed by atoms with Crippen LogP contribution < -0.4 is 10.2 Å². The van der Waals surface area contributed by atoms with Crippen LogP contribution in [0.1, 0.15) is 29.5 Å². The summed E-state index contributed by atoms with van der Waals surface area (Å²) < 4.78 is 39.6. The van der Waals surface area contributed by atoms with Crippen LogP contribution in [0.4, 0.5) is 18.9 Å². The molecule has 1 aromatic heterocycles. The van der Waals surface area contributed by atoms with Crippen LogP contribution in [-0.4, -0.2) is 24.0 Å². The fourth-order valence-corrected chi connectivity index (χ4v) is 4.81. The van der Waals surface area contributed by atoms with Gasteiger partial charge in [-0.15, -0.1) is 11.3 Å². The van der Waals surface area contributed by atoms with E-state index in [1.165, 1.54) is 12.1 Å². The van der Waals surface area contributed by atoms with Crippen molar-refractivity contribution < 1.29 is 22.9 Å². The number of benzene rings is 2. The lowest BCUT2D eigenvalue weighted by atomic mass is 10.2. The predicted octanol–water partition coefficient (Wildman–Crippen LogP) is 3.67. The summed E-state index contributed by atoms with van der Waals surface area (Å²) in [6.07, 6.45) is -2.49. The zero-order chi connectivity index (χ0) is 19.7. The second-order valence-corrected chi connectivity index (χ2v) is 7.99. The average molecular weight is 406 g/mol. The number of hydrogen-bond acceptors (Lipinski definition) is 3. The van der Waals surface area contributed by atoms with Crippen molar-refractivity contribution >= 4 is 33.1 Å². The van der Waals surface area contributed by atoms with Crippen molar-refractivity contribution in [2.75, 3.05) is 18.4 Å². The molecule has 8 heteroatoms. The number of aromatic nitrogens is 1. The largest absolute Gasteiger partial charge is 0.416 e.